The summed E-state index contributed by atoms with van der Waals surface area (Å²) in [4.78, 5) is 15.0. The summed E-state index contributed by atoms with van der Waals surface area (Å²) in [6.07, 6.45) is 4.74. The third kappa shape index (κ3) is 3.70. The molecule has 3 aromatic carbocycles. The molecule has 0 spiro atoms. The second kappa shape index (κ2) is 8.35. The number of halogens is 1. The van der Waals surface area contributed by atoms with E-state index in [0.29, 0.717) is 17.5 Å². The standard InChI is InChI=1S/C26H22ClN7/c1-34(19-7-9-22-17(12-19)15-30-33-22)25-21-13-18(27)6-8-24(21)31-26(32-25)28-11-10-16-14-29-23-5-3-2-4-20(16)23/h2-9,12-15,29H,10-11H2,1H3,(H,30,33)(H,28,31,32). The molecule has 0 atom stereocenters. The highest BCUT2D eigenvalue weighted by Gasteiger charge is 2.15. The van der Waals surface area contributed by atoms with Gasteiger partial charge in [-0.15, -0.1) is 0 Å². The van der Waals surface area contributed by atoms with E-state index in [9.17, 15) is 0 Å². The van der Waals surface area contributed by atoms with E-state index in [0.717, 1.165) is 45.2 Å². The summed E-state index contributed by atoms with van der Waals surface area (Å²) in [5.74, 6) is 1.37. The molecule has 0 aliphatic rings. The molecule has 0 unspecified atom stereocenters. The van der Waals surface area contributed by atoms with Gasteiger partial charge in [-0.1, -0.05) is 29.8 Å². The first-order valence-electron chi connectivity index (χ1n) is 11.1. The second-order valence-electron chi connectivity index (χ2n) is 8.27. The van der Waals surface area contributed by atoms with Crippen molar-refractivity contribution in [1.82, 2.24) is 25.1 Å². The lowest BCUT2D eigenvalue weighted by molar-refractivity contribution is 0.991. The summed E-state index contributed by atoms with van der Waals surface area (Å²) in [6, 6.07) is 20.2. The average Bonchev–Trinajstić information content (AvgIpc) is 3.50. The van der Waals surface area contributed by atoms with E-state index in [1.54, 1.807) is 0 Å². The minimum Gasteiger partial charge on any atom is -0.361 e. The highest BCUT2D eigenvalue weighted by Crippen LogP contribution is 2.32. The monoisotopic (exact) mass is 467 g/mol. The Morgan fingerprint density at radius 1 is 0.971 bits per heavy atom. The molecule has 3 aromatic heterocycles. The smallest absolute Gasteiger partial charge is 0.225 e. The highest BCUT2D eigenvalue weighted by atomic mass is 35.5. The molecule has 0 aliphatic heterocycles. The Balaban J connectivity index is 1.32. The quantitative estimate of drug-likeness (QED) is 0.277. The van der Waals surface area contributed by atoms with Crippen molar-refractivity contribution in [3.63, 3.8) is 0 Å². The fourth-order valence-corrected chi connectivity index (χ4v) is 4.50. The number of aromatic nitrogens is 5. The molecule has 0 saturated carbocycles. The molecule has 8 heteroatoms. The molecule has 0 fully saturated rings. The largest absolute Gasteiger partial charge is 0.361 e. The third-order valence-electron chi connectivity index (χ3n) is 6.12. The van der Waals surface area contributed by atoms with Crippen molar-refractivity contribution in [3.8, 4) is 0 Å². The van der Waals surface area contributed by atoms with Crippen molar-refractivity contribution in [1.29, 1.82) is 0 Å². The maximum Gasteiger partial charge on any atom is 0.225 e. The highest BCUT2D eigenvalue weighted by molar-refractivity contribution is 6.31. The lowest BCUT2D eigenvalue weighted by Gasteiger charge is -2.21. The van der Waals surface area contributed by atoms with Crippen LogP contribution in [-0.2, 0) is 6.42 Å². The van der Waals surface area contributed by atoms with Gasteiger partial charge in [0.2, 0.25) is 5.95 Å². The van der Waals surface area contributed by atoms with Crippen molar-refractivity contribution in [2.45, 2.75) is 6.42 Å². The molecule has 3 N–H and O–H groups in total. The second-order valence-corrected chi connectivity index (χ2v) is 8.71. The summed E-state index contributed by atoms with van der Waals surface area (Å²) in [5, 5.41) is 14.4. The molecule has 0 radical (unpaired) electrons. The number of H-pyrrole nitrogens is 2. The number of anilines is 3. The van der Waals surface area contributed by atoms with Crippen LogP contribution in [0.3, 0.4) is 0 Å². The first-order valence-corrected chi connectivity index (χ1v) is 11.5. The van der Waals surface area contributed by atoms with Crippen molar-refractivity contribution in [2.75, 3.05) is 23.8 Å². The third-order valence-corrected chi connectivity index (χ3v) is 6.35. The van der Waals surface area contributed by atoms with Gasteiger partial charge in [-0.2, -0.15) is 10.1 Å². The van der Waals surface area contributed by atoms with Crippen LogP contribution in [0.25, 0.3) is 32.7 Å². The van der Waals surface area contributed by atoms with Crippen molar-refractivity contribution in [3.05, 3.63) is 83.6 Å². The fraction of sp³-hybridized carbons (Fsp3) is 0.115. The Morgan fingerprint density at radius 3 is 2.82 bits per heavy atom. The van der Waals surface area contributed by atoms with E-state index in [2.05, 4.69) is 55.9 Å². The molecule has 168 valence electrons. The van der Waals surface area contributed by atoms with E-state index in [-0.39, 0.29) is 0 Å². The molecular weight excluding hydrogens is 446 g/mol. The maximum absolute atomic E-state index is 6.33. The van der Waals surface area contributed by atoms with E-state index in [4.69, 9.17) is 21.6 Å². The van der Waals surface area contributed by atoms with Gasteiger partial charge in [0.1, 0.15) is 5.82 Å². The number of hydrogen-bond donors (Lipinski definition) is 3. The van der Waals surface area contributed by atoms with Crippen LogP contribution in [0, 0.1) is 0 Å². The average molecular weight is 468 g/mol. The lowest BCUT2D eigenvalue weighted by atomic mass is 10.1. The number of nitrogens with one attached hydrogen (secondary N) is 3. The number of fused-ring (bicyclic) bond motifs is 3. The Bertz CT molecular complexity index is 1640. The topological polar surface area (TPSA) is 85.5 Å². The predicted molar refractivity (Wildman–Crippen MR) is 139 cm³/mol. The molecule has 6 aromatic rings. The van der Waals surface area contributed by atoms with Gasteiger partial charge in [-0.25, -0.2) is 4.98 Å². The number of aromatic amines is 2. The lowest BCUT2D eigenvalue weighted by Crippen LogP contribution is -2.15. The SMILES string of the molecule is CN(c1ccc2[nH]ncc2c1)c1nc(NCCc2c[nH]c3ccccc23)nc2ccc(Cl)cc12. The van der Waals surface area contributed by atoms with Gasteiger partial charge >= 0.3 is 0 Å². The minimum absolute atomic E-state index is 0.584. The van der Waals surface area contributed by atoms with Gasteiger partial charge in [-0.3, -0.25) is 5.10 Å². The van der Waals surface area contributed by atoms with E-state index >= 15 is 0 Å². The maximum atomic E-state index is 6.33. The molecule has 0 aliphatic carbocycles. The molecular formula is C26H22ClN7. The minimum atomic E-state index is 0.584. The number of benzene rings is 3. The van der Waals surface area contributed by atoms with E-state index in [1.165, 1.54) is 10.9 Å². The van der Waals surface area contributed by atoms with Gasteiger partial charge in [-0.05, 0) is 54.4 Å². The zero-order chi connectivity index (χ0) is 23.1. The van der Waals surface area contributed by atoms with Crippen LogP contribution in [0.5, 0.6) is 0 Å². The van der Waals surface area contributed by atoms with Crippen LogP contribution in [0.4, 0.5) is 17.5 Å². The van der Waals surface area contributed by atoms with Crippen LogP contribution in [0.15, 0.2) is 73.1 Å². The molecule has 0 saturated heterocycles. The molecule has 7 nitrogen and oxygen atoms in total. The molecule has 0 amide bonds. The number of rotatable bonds is 6. The Labute approximate surface area is 200 Å². The van der Waals surface area contributed by atoms with Crippen LogP contribution in [0.1, 0.15) is 5.56 Å². The van der Waals surface area contributed by atoms with E-state index in [1.807, 2.05) is 49.6 Å². The van der Waals surface area contributed by atoms with Gasteiger partial charge in [0.25, 0.3) is 0 Å². The fourth-order valence-electron chi connectivity index (χ4n) is 4.33. The van der Waals surface area contributed by atoms with Crippen molar-refractivity contribution < 1.29 is 0 Å². The summed E-state index contributed by atoms with van der Waals surface area (Å²) >= 11 is 6.33. The Morgan fingerprint density at radius 2 is 1.88 bits per heavy atom. The zero-order valence-corrected chi connectivity index (χ0v) is 19.3. The normalized spacial score (nSPS) is 11.5. The summed E-state index contributed by atoms with van der Waals surface area (Å²) in [5.41, 5.74) is 5.24. The number of para-hydroxylation sites is 1. The van der Waals surface area contributed by atoms with Crippen LogP contribution in [0.2, 0.25) is 5.02 Å². The van der Waals surface area contributed by atoms with Crippen molar-refractivity contribution in [2.24, 2.45) is 0 Å². The first-order chi connectivity index (χ1) is 16.7. The number of nitrogens with zero attached hydrogens (tertiary/aromatic N) is 4. The van der Waals surface area contributed by atoms with Crippen molar-refractivity contribution >= 4 is 61.8 Å². The van der Waals surface area contributed by atoms with Gasteiger partial charge in [0.15, 0.2) is 0 Å². The van der Waals surface area contributed by atoms with Gasteiger partial charge in [0, 0.05) is 52.2 Å². The summed E-state index contributed by atoms with van der Waals surface area (Å²) in [6.45, 7) is 0.713. The summed E-state index contributed by atoms with van der Waals surface area (Å²) < 4.78 is 0. The predicted octanol–water partition coefficient (Wildman–Crippen LogP) is 6.06. The summed E-state index contributed by atoms with van der Waals surface area (Å²) in [7, 11) is 2.00. The first kappa shape index (κ1) is 20.5. The molecule has 6 rings (SSSR count). The number of hydrogen-bond acceptors (Lipinski definition) is 5. The van der Waals surface area contributed by atoms with Crippen LogP contribution < -0.4 is 10.2 Å². The van der Waals surface area contributed by atoms with Crippen LogP contribution >= 0.6 is 11.6 Å². The van der Waals surface area contributed by atoms with Gasteiger partial charge in [0.05, 0.1) is 17.2 Å². The van der Waals surface area contributed by atoms with Gasteiger partial charge < -0.3 is 15.2 Å². The molecule has 34 heavy (non-hydrogen) atoms. The Hall–Kier alpha value is -4.10. The molecule has 0 bridgehead atoms. The van der Waals surface area contributed by atoms with Crippen LogP contribution in [-0.4, -0.2) is 38.7 Å². The Kier molecular flexibility index (Phi) is 5.04. The molecule has 3 heterocycles. The van der Waals surface area contributed by atoms with E-state index < -0.39 is 0 Å². The zero-order valence-electron chi connectivity index (χ0n) is 18.5.